The third-order valence-corrected chi connectivity index (χ3v) is 3.51. The zero-order valence-electron chi connectivity index (χ0n) is 14.4. The van der Waals surface area contributed by atoms with Crippen molar-refractivity contribution in [3.05, 3.63) is 23.7 Å². The first-order valence-corrected chi connectivity index (χ1v) is 8.07. The summed E-state index contributed by atoms with van der Waals surface area (Å²) in [5.41, 5.74) is 16.9. The number of nitrogens with one attached hydrogen (secondary N) is 2. The molecule has 0 saturated heterocycles. The van der Waals surface area contributed by atoms with E-state index in [-0.39, 0.29) is 28.2 Å². The average Bonchev–Trinajstić information content (AvgIpc) is 2.51. The zero-order chi connectivity index (χ0) is 19.1. The smallest absolute Gasteiger partial charge is 0.271 e. The Hall–Kier alpha value is -2.75. The molecule has 1 aromatic heterocycles. The standard InChI is InChI=1S/C15H23N7O2S/c1-4-9(13(17)23)20-10-6-19-12(14(18)24)15(21-10)22-11(25)5-8(16)7(2)3/h5-7,9H,4,16H2,1-3H3,(H2,17,23)(H2,18,24)(H2,20,21,22,25)/t9-/m1/s1. The number of allylic oxidation sites excluding steroid dienone is 1. The largest absolute Gasteiger partial charge is 0.402 e. The van der Waals surface area contributed by atoms with Crippen LogP contribution in [0.4, 0.5) is 11.6 Å². The molecule has 1 heterocycles. The van der Waals surface area contributed by atoms with Gasteiger partial charge in [0.25, 0.3) is 5.91 Å². The van der Waals surface area contributed by atoms with Crippen molar-refractivity contribution in [2.75, 3.05) is 10.6 Å². The van der Waals surface area contributed by atoms with Crippen molar-refractivity contribution >= 4 is 40.7 Å². The number of nitrogens with zero attached hydrogens (tertiary/aromatic N) is 2. The maximum Gasteiger partial charge on any atom is 0.271 e. The highest BCUT2D eigenvalue weighted by atomic mass is 32.1. The van der Waals surface area contributed by atoms with Gasteiger partial charge in [-0.15, -0.1) is 0 Å². The Morgan fingerprint density at radius 2 is 1.96 bits per heavy atom. The van der Waals surface area contributed by atoms with E-state index in [0.717, 1.165) is 0 Å². The van der Waals surface area contributed by atoms with Gasteiger partial charge in [-0.1, -0.05) is 33.0 Å². The van der Waals surface area contributed by atoms with Crippen LogP contribution in [0, 0.1) is 5.92 Å². The van der Waals surface area contributed by atoms with E-state index in [2.05, 4.69) is 20.6 Å². The summed E-state index contributed by atoms with van der Waals surface area (Å²) in [6, 6.07) is -0.620. The number of carbonyl (C=O) groups is 2. The summed E-state index contributed by atoms with van der Waals surface area (Å²) in [5.74, 6) is -0.875. The fourth-order valence-electron chi connectivity index (χ4n) is 1.75. The molecular formula is C15H23N7O2S. The minimum Gasteiger partial charge on any atom is -0.402 e. The van der Waals surface area contributed by atoms with Gasteiger partial charge in [0, 0.05) is 5.70 Å². The summed E-state index contributed by atoms with van der Waals surface area (Å²) in [5, 5.41) is 5.63. The van der Waals surface area contributed by atoms with Gasteiger partial charge in [-0.25, -0.2) is 9.97 Å². The highest BCUT2D eigenvalue weighted by Crippen LogP contribution is 2.15. The molecule has 1 rings (SSSR count). The topological polar surface area (TPSA) is 162 Å². The van der Waals surface area contributed by atoms with Crippen LogP contribution < -0.4 is 27.8 Å². The number of amides is 2. The van der Waals surface area contributed by atoms with Crippen LogP contribution in [0.2, 0.25) is 0 Å². The van der Waals surface area contributed by atoms with Gasteiger partial charge in [0.05, 0.1) is 6.20 Å². The average molecular weight is 365 g/mol. The summed E-state index contributed by atoms with van der Waals surface area (Å²) < 4.78 is 0. The SMILES string of the molecule is CC[C@@H](Nc1cnc(C(N)=O)c(NC(=S)C=C(N)C(C)C)n1)C(N)=O. The molecule has 0 bridgehead atoms. The number of hydrogen-bond acceptors (Lipinski definition) is 7. The zero-order valence-corrected chi connectivity index (χ0v) is 15.2. The number of rotatable bonds is 8. The lowest BCUT2D eigenvalue weighted by Gasteiger charge is -2.15. The highest BCUT2D eigenvalue weighted by molar-refractivity contribution is 7.81. The molecule has 1 atom stereocenters. The van der Waals surface area contributed by atoms with Crippen LogP contribution in [-0.2, 0) is 4.79 Å². The van der Waals surface area contributed by atoms with Crippen molar-refractivity contribution in [3.8, 4) is 0 Å². The summed E-state index contributed by atoms with van der Waals surface area (Å²) in [6.45, 7) is 5.63. The van der Waals surface area contributed by atoms with Crippen LogP contribution >= 0.6 is 12.2 Å². The molecule has 0 fully saturated rings. The Morgan fingerprint density at radius 1 is 1.32 bits per heavy atom. The highest BCUT2D eigenvalue weighted by Gasteiger charge is 2.17. The number of thiocarbonyl (C=S) groups is 1. The second-order valence-electron chi connectivity index (χ2n) is 5.61. The first kappa shape index (κ1) is 20.3. The van der Waals surface area contributed by atoms with Gasteiger partial charge in [0.2, 0.25) is 5.91 Å². The first-order chi connectivity index (χ1) is 11.6. The van der Waals surface area contributed by atoms with Crippen LogP contribution in [0.15, 0.2) is 18.0 Å². The molecule has 2 amide bonds. The molecule has 0 radical (unpaired) electrons. The maximum atomic E-state index is 11.5. The Labute approximate surface area is 151 Å². The van der Waals surface area contributed by atoms with E-state index >= 15 is 0 Å². The van der Waals surface area contributed by atoms with E-state index in [4.69, 9.17) is 29.4 Å². The molecule has 0 spiro atoms. The monoisotopic (exact) mass is 365 g/mol. The quantitative estimate of drug-likeness (QED) is 0.328. The minimum absolute atomic E-state index is 0.0645. The molecule has 8 N–H and O–H groups in total. The Morgan fingerprint density at radius 3 is 2.44 bits per heavy atom. The van der Waals surface area contributed by atoms with Gasteiger partial charge in [-0.05, 0) is 18.4 Å². The molecule has 0 saturated carbocycles. The number of nitrogens with two attached hydrogens (primary N) is 3. The molecule has 10 heteroatoms. The molecule has 25 heavy (non-hydrogen) atoms. The minimum atomic E-state index is -0.771. The van der Waals surface area contributed by atoms with Crippen molar-refractivity contribution in [2.45, 2.75) is 33.2 Å². The van der Waals surface area contributed by atoms with Crippen molar-refractivity contribution in [1.29, 1.82) is 0 Å². The van der Waals surface area contributed by atoms with Gasteiger partial charge < -0.3 is 27.8 Å². The number of primary amides is 2. The van der Waals surface area contributed by atoms with Crippen LogP contribution in [0.25, 0.3) is 0 Å². The van der Waals surface area contributed by atoms with E-state index in [1.54, 1.807) is 13.0 Å². The van der Waals surface area contributed by atoms with E-state index in [9.17, 15) is 9.59 Å². The van der Waals surface area contributed by atoms with Crippen molar-refractivity contribution in [3.63, 3.8) is 0 Å². The van der Waals surface area contributed by atoms with E-state index < -0.39 is 17.9 Å². The molecule has 136 valence electrons. The molecular weight excluding hydrogens is 342 g/mol. The van der Waals surface area contributed by atoms with Crippen LogP contribution in [0.1, 0.15) is 37.7 Å². The number of hydrogen-bond donors (Lipinski definition) is 5. The first-order valence-electron chi connectivity index (χ1n) is 7.66. The molecule has 9 nitrogen and oxygen atoms in total. The second kappa shape index (κ2) is 8.92. The lowest BCUT2D eigenvalue weighted by molar-refractivity contribution is -0.118. The second-order valence-corrected chi connectivity index (χ2v) is 6.05. The molecule has 1 aromatic rings. The summed E-state index contributed by atoms with van der Waals surface area (Å²) in [6.07, 6.45) is 3.31. The summed E-state index contributed by atoms with van der Waals surface area (Å²) in [4.78, 5) is 31.3. The Kier molecular flexibility index (Phi) is 7.24. The molecule has 0 aliphatic carbocycles. The van der Waals surface area contributed by atoms with Crippen molar-refractivity contribution in [2.24, 2.45) is 23.1 Å². The van der Waals surface area contributed by atoms with Gasteiger partial charge in [-0.2, -0.15) is 0 Å². The Bertz CT molecular complexity index is 703. The predicted molar refractivity (Wildman–Crippen MR) is 101 cm³/mol. The van der Waals surface area contributed by atoms with Crippen LogP contribution in [0.3, 0.4) is 0 Å². The van der Waals surface area contributed by atoms with Gasteiger partial charge in [-0.3, -0.25) is 9.59 Å². The number of anilines is 2. The molecule has 0 aliphatic rings. The fourth-order valence-corrected chi connectivity index (χ4v) is 1.98. The van der Waals surface area contributed by atoms with Crippen LogP contribution in [-0.4, -0.2) is 32.8 Å². The lowest BCUT2D eigenvalue weighted by Crippen LogP contribution is -2.35. The third-order valence-electron chi connectivity index (χ3n) is 3.29. The van der Waals surface area contributed by atoms with E-state index in [0.29, 0.717) is 12.1 Å². The normalized spacial score (nSPS) is 12.6. The van der Waals surface area contributed by atoms with E-state index in [1.807, 2.05) is 13.8 Å². The third kappa shape index (κ3) is 5.99. The van der Waals surface area contributed by atoms with E-state index in [1.165, 1.54) is 6.20 Å². The molecule has 0 aliphatic heterocycles. The fraction of sp³-hybridized carbons (Fsp3) is 0.400. The number of carbonyl (C=O) groups excluding carboxylic acids is 2. The summed E-state index contributed by atoms with van der Waals surface area (Å²) >= 11 is 5.19. The van der Waals surface area contributed by atoms with Gasteiger partial charge >= 0.3 is 0 Å². The number of aromatic nitrogens is 2. The van der Waals surface area contributed by atoms with Crippen molar-refractivity contribution in [1.82, 2.24) is 9.97 Å². The lowest BCUT2D eigenvalue weighted by atomic mass is 10.1. The van der Waals surface area contributed by atoms with Crippen LogP contribution in [0.5, 0.6) is 0 Å². The molecule has 0 unspecified atom stereocenters. The van der Waals surface area contributed by atoms with Gasteiger partial charge in [0.15, 0.2) is 11.5 Å². The Balaban J connectivity index is 3.12. The van der Waals surface area contributed by atoms with Gasteiger partial charge in [0.1, 0.15) is 16.8 Å². The predicted octanol–water partition coefficient (Wildman–Crippen LogP) is 0.489. The maximum absolute atomic E-state index is 11.5. The molecule has 0 aromatic carbocycles. The summed E-state index contributed by atoms with van der Waals surface area (Å²) in [7, 11) is 0. The van der Waals surface area contributed by atoms with Crippen molar-refractivity contribution < 1.29 is 9.59 Å².